The van der Waals surface area contributed by atoms with Crippen molar-refractivity contribution in [1.82, 2.24) is 9.55 Å². The zero-order valence-electron chi connectivity index (χ0n) is 26.8. The molecule has 1 aliphatic carbocycles. The summed E-state index contributed by atoms with van der Waals surface area (Å²) in [5.74, 6) is 0.866. The van der Waals surface area contributed by atoms with Crippen molar-refractivity contribution in [3.63, 3.8) is 0 Å². The highest BCUT2D eigenvalue weighted by atomic mass is 28.2. The molecule has 1 aliphatic rings. The third kappa shape index (κ3) is 7.13. The standard InChI is InChI=1S/C26H28N2Si.C15H15B/c1-25(2,3)21-14-16-24(17-15-21)29-26(28-19-18-27-20-28,22-10-6-4-7-11-22)23-12-8-5-9-13-23;1-3-7-13(8-4-1)16(15-11-12-15)14-9-5-2-6-10-14/h4-20H,29H2,1-3H3;1-10,15H,11-12H2. The van der Waals surface area contributed by atoms with Gasteiger partial charge in [0, 0.05) is 12.4 Å². The maximum atomic E-state index is 4.41. The van der Waals surface area contributed by atoms with Crippen molar-refractivity contribution < 1.29 is 0 Å². The molecule has 1 fully saturated rings. The molecule has 0 amide bonds. The van der Waals surface area contributed by atoms with Crippen LogP contribution in [0.2, 0.25) is 5.82 Å². The normalized spacial score (nSPS) is 13.3. The maximum Gasteiger partial charge on any atom is 0.212 e. The summed E-state index contributed by atoms with van der Waals surface area (Å²) >= 11 is 0. The first-order valence-electron chi connectivity index (χ1n) is 16.2. The number of aromatic nitrogens is 2. The van der Waals surface area contributed by atoms with E-state index in [1.54, 1.807) is 0 Å². The van der Waals surface area contributed by atoms with Crippen molar-refractivity contribution in [1.29, 1.82) is 0 Å². The SMILES string of the molecule is CC(C)(C)c1ccc([SiH2]C(c2ccccc2)(c2ccccc2)n2ccnc2)cc1.c1ccc(B(c2ccccc2)C2CC2)cc1. The highest BCUT2D eigenvalue weighted by Crippen LogP contribution is 2.38. The summed E-state index contributed by atoms with van der Waals surface area (Å²) in [7, 11) is -0.807. The molecule has 0 aliphatic heterocycles. The molecule has 0 radical (unpaired) electrons. The summed E-state index contributed by atoms with van der Waals surface area (Å²) in [6.07, 6.45) is 8.73. The average molecular weight is 603 g/mol. The summed E-state index contributed by atoms with van der Waals surface area (Å²) in [6.45, 7) is 7.41. The molecule has 1 heterocycles. The van der Waals surface area contributed by atoms with Crippen LogP contribution >= 0.6 is 0 Å². The van der Waals surface area contributed by atoms with Gasteiger partial charge in [-0.1, -0.05) is 201 Å². The van der Waals surface area contributed by atoms with E-state index in [1.807, 2.05) is 12.5 Å². The lowest BCUT2D eigenvalue weighted by molar-refractivity contribution is 0.590. The first-order chi connectivity index (χ1) is 21.9. The van der Waals surface area contributed by atoms with E-state index in [2.05, 4.69) is 182 Å². The van der Waals surface area contributed by atoms with Gasteiger partial charge in [-0.2, -0.15) is 0 Å². The van der Waals surface area contributed by atoms with E-state index in [-0.39, 0.29) is 10.6 Å². The van der Waals surface area contributed by atoms with E-state index in [9.17, 15) is 0 Å². The quantitative estimate of drug-likeness (QED) is 0.174. The predicted octanol–water partition coefficient (Wildman–Crippen LogP) is 6.88. The van der Waals surface area contributed by atoms with Gasteiger partial charge in [0.25, 0.3) is 0 Å². The maximum absolute atomic E-state index is 4.41. The van der Waals surface area contributed by atoms with Crippen molar-refractivity contribution in [3.05, 3.63) is 181 Å². The zero-order chi connectivity index (χ0) is 31.1. The summed E-state index contributed by atoms with van der Waals surface area (Å²) in [6, 6.07) is 52.9. The summed E-state index contributed by atoms with van der Waals surface area (Å²) in [5, 5.41) is 1.22. The molecule has 0 atom stereocenters. The van der Waals surface area contributed by atoms with Crippen LogP contribution in [0.5, 0.6) is 0 Å². The van der Waals surface area contributed by atoms with Crippen LogP contribution in [0.3, 0.4) is 0 Å². The number of nitrogens with zero attached hydrogens (tertiary/aromatic N) is 2. The van der Waals surface area contributed by atoms with Gasteiger partial charge in [-0.25, -0.2) is 4.98 Å². The molecule has 0 N–H and O–H groups in total. The number of benzene rings is 5. The van der Waals surface area contributed by atoms with Crippen molar-refractivity contribution in [3.8, 4) is 0 Å². The Morgan fingerprint density at radius 2 is 1.07 bits per heavy atom. The minimum absolute atomic E-state index is 0.167. The second kappa shape index (κ2) is 13.7. The molecular weight excluding hydrogens is 559 g/mol. The molecule has 1 aromatic heterocycles. The third-order valence-electron chi connectivity index (χ3n) is 9.14. The molecular formula is C41H43BN2Si. The summed E-state index contributed by atoms with van der Waals surface area (Å²) < 4.78 is 2.31. The van der Waals surface area contributed by atoms with E-state index < -0.39 is 9.52 Å². The molecule has 0 bridgehead atoms. The first-order valence-corrected chi connectivity index (χ1v) is 17.7. The Labute approximate surface area is 272 Å². The van der Waals surface area contributed by atoms with Gasteiger partial charge >= 0.3 is 0 Å². The molecule has 0 saturated heterocycles. The second-order valence-corrected chi connectivity index (χ2v) is 15.5. The Kier molecular flexibility index (Phi) is 9.32. The number of rotatable bonds is 8. The fourth-order valence-corrected chi connectivity index (χ4v) is 8.89. The molecule has 5 aromatic carbocycles. The first kappa shape index (κ1) is 30.6. The summed E-state index contributed by atoms with van der Waals surface area (Å²) in [5.41, 5.74) is 7.11. The van der Waals surface area contributed by atoms with Gasteiger partial charge in [-0.3, -0.25) is 0 Å². The van der Waals surface area contributed by atoms with E-state index in [4.69, 9.17) is 0 Å². The zero-order valence-corrected chi connectivity index (χ0v) is 28.2. The van der Waals surface area contributed by atoms with Gasteiger partial charge in [0.15, 0.2) is 0 Å². The second-order valence-electron chi connectivity index (χ2n) is 13.3. The van der Waals surface area contributed by atoms with E-state index >= 15 is 0 Å². The Hall–Kier alpha value is -4.41. The highest BCUT2D eigenvalue weighted by Gasteiger charge is 2.37. The molecule has 1 saturated carbocycles. The van der Waals surface area contributed by atoms with Crippen LogP contribution in [-0.4, -0.2) is 25.8 Å². The van der Waals surface area contributed by atoms with Crippen LogP contribution in [0.4, 0.5) is 0 Å². The Morgan fingerprint density at radius 3 is 1.47 bits per heavy atom. The Balaban J connectivity index is 0.000000187. The van der Waals surface area contributed by atoms with Gasteiger partial charge in [-0.15, -0.1) is 0 Å². The van der Waals surface area contributed by atoms with Crippen LogP contribution in [0.15, 0.2) is 164 Å². The van der Waals surface area contributed by atoms with Crippen molar-refractivity contribution >= 4 is 32.3 Å². The molecule has 224 valence electrons. The molecule has 0 unspecified atom stereocenters. The molecule has 45 heavy (non-hydrogen) atoms. The van der Waals surface area contributed by atoms with Gasteiger partial charge in [0.05, 0.1) is 21.0 Å². The minimum Gasteiger partial charge on any atom is -0.326 e. The van der Waals surface area contributed by atoms with Crippen LogP contribution in [0.1, 0.15) is 50.3 Å². The number of hydrogen-bond donors (Lipinski definition) is 0. The highest BCUT2D eigenvalue weighted by molar-refractivity contribution is 6.86. The van der Waals surface area contributed by atoms with Crippen LogP contribution in [0, 0.1) is 0 Å². The molecule has 4 heteroatoms. The van der Waals surface area contributed by atoms with Gasteiger partial charge in [0.2, 0.25) is 6.71 Å². The lowest BCUT2D eigenvalue weighted by Crippen LogP contribution is -2.46. The number of imidazole rings is 1. The molecule has 6 aromatic rings. The largest absolute Gasteiger partial charge is 0.326 e. The fourth-order valence-electron chi connectivity index (χ4n) is 6.58. The van der Waals surface area contributed by atoms with Crippen LogP contribution in [-0.2, 0) is 10.6 Å². The third-order valence-corrected chi connectivity index (χ3v) is 11.7. The topological polar surface area (TPSA) is 17.8 Å². The summed E-state index contributed by atoms with van der Waals surface area (Å²) in [4.78, 5) is 4.41. The molecule has 0 spiro atoms. The Bertz CT molecular complexity index is 1650. The van der Waals surface area contributed by atoms with Crippen LogP contribution < -0.4 is 16.1 Å². The van der Waals surface area contributed by atoms with Crippen molar-refractivity contribution in [2.24, 2.45) is 0 Å². The lowest BCUT2D eigenvalue weighted by Gasteiger charge is -2.37. The predicted molar refractivity (Wildman–Crippen MR) is 195 cm³/mol. The molecule has 7 rings (SSSR count). The Morgan fingerprint density at radius 1 is 0.600 bits per heavy atom. The van der Waals surface area contributed by atoms with E-state index in [0.29, 0.717) is 6.71 Å². The van der Waals surface area contributed by atoms with Gasteiger partial charge in [-0.05, 0) is 22.1 Å². The monoisotopic (exact) mass is 602 g/mol. The van der Waals surface area contributed by atoms with Gasteiger partial charge < -0.3 is 4.57 Å². The van der Waals surface area contributed by atoms with Crippen LogP contribution in [0.25, 0.3) is 0 Å². The fraction of sp³-hybridized carbons (Fsp3) is 0.195. The van der Waals surface area contributed by atoms with Crippen molar-refractivity contribution in [2.75, 3.05) is 0 Å². The van der Waals surface area contributed by atoms with Gasteiger partial charge in [0.1, 0.15) is 0 Å². The average Bonchev–Trinajstić information content (AvgIpc) is 3.76. The lowest BCUT2D eigenvalue weighted by atomic mass is 9.37. The van der Waals surface area contributed by atoms with E-state index in [1.165, 1.54) is 45.6 Å². The smallest absolute Gasteiger partial charge is 0.212 e. The molecule has 2 nitrogen and oxygen atoms in total. The van der Waals surface area contributed by atoms with Crippen molar-refractivity contribution in [2.45, 2.75) is 50.0 Å². The van der Waals surface area contributed by atoms with E-state index in [0.717, 1.165) is 5.82 Å². The minimum atomic E-state index is -0.807. The number of hydrogen-bond acceptors (Lipinski definition) is 1.